The van der Waals surface area contributed by atoms with E-state index in [9.17, 15) is 26.7 Å². The van der Waals surface area contributed by atoms with E-state index < -0.39 is 34.6 Å². The van der Waals surface area contributed by atoms with Crippen LogP contribution in [0.2, 0.25) is 10.2 Å². The summed E-state index contributed by atoms with van der Waals surface area (Å²) < 4.78 is 68.2. The van der Waals surface area contributed by atoms with Gasteiger partial charge >= 0.3 is 0 Å². The van der Waals surface area contributed by atoms with Crippen molar-refractivity contribution in [1.29, 1.82) is 0 Å². The number of amides is 1. The van der Waals surface area contributed by atoms with Gasteiger partial charge in [0.15, 0.2) is 23.3 Å². The van der Waals surface area contributed by atoms with Crippen molar-refractivity contribution in [3.8, 4) is 0 Å². The third kappa shape index (κ3) is 5.03. The summed E-state index contributed by atoms with van der Waals surface area (Å²) in [6.07, 6.45) is 3.61. The third-order valence-electron chi connectivity index (χ3n) is 7.40. The number of carbonyl (C=O) groups excluding carboxylic acids is 1. The molecule has 2 aliphatic rings. The number of anilines is 1. The molecule has 39 heavy (non-hydrogen) atoms. The number of aromatic nitrogens is 1. The van der Waals surface area contributed by atoms with E-state index in [0.717, 1.165) is 17.3 Å². The Morgan fingerprint density at radius 3 is 2.26 bits per heavy atom. The lowest BCUT2D eigenvalue weighted by atomic mass is 9.74. The molecule has 204 valence electrons. The smallest absolute Gasteiger partial charge is 0.258 e. The summed E-state index contributed by atoms with van der Waals surface area (Å²) in [7, 11) is 0. The van der Waals surface area contributed by atoms with Crippen LogP contribution in [0.4, 0.5) is 27.6 Å². The van der Waals surface area contributed by atoms with Crippen molar-refractivity contribution < 1.29 is 26.7 Å². The van der Waals surface area contributed by atoms with Gasteiger partial charge in [-0.2, -0.15) is 0 Å². The topological polar surface area (TPSA) is 36.4 Å². The van der Waals surface area contributed by atoms with Crippen molar-refractivity contribution >= 4 is 40.9 Å². The summed E-state index contributed by atoms with van der Waals surface area (Å²) in [5.41, 5.74) is 1.47. The summed E-state index contributed by atoms with van der Waals surface area (Å²) in [6.45, 7) is 3.60. The molecule has 0 bridgehead atoms. The summed E-state index contributed by atoms with van der Waals surface area (Å²) in [4.78, 5) is 21.4. The molecule has 2 aliphatic heterocycles. The molecule has 0 radical (unpaired) electrons. The second-order valence-electron chi connectivity index (χ2n) is 9.84. The maximum atomic E-state index is 14.0. The maximum absolute atomic E-state index is 14.0. The fraction of sp³-hybridized carbons (Fsp3) is 0.286. The highest BCUT2D eigenvalue weighted by Gasteiger charge is 2.46. The predicted molar refractivity (Wildman–Crippen MR) is 140 cm³/mol. The maximum Gasteiger partial charge on any atom is 0.258 e. The molecule has 1 saturated heterocycles. The standard InChI is InChI=1S/C28H22Cl2F5N3O/c1-15-11-16(12-21(30)36-15)27(39)38-14-28(19-13-17(29)4-5-20(19)38)6-9-37(10-7-28)8-2-3-18-22(31)24(33)26(35)25(34)23(18)32/h2-5,11-13H,6-10,14H2,1H3/b3-2+. The molecule has 11 heteroatoms. The van der Waals surface area contributed by atoms with Crippen LogP contribution < -0.4 is 4.90 Å². The van der Waals surface area contributed by atoms with Crippen molar-refractivity contribution in [1.82, 2.24) is 9.88 Å². The first-order chi connectivity index (χ1) is 18.5. The first-order valence-electron chi connectivity index (χ1n) is 12.2. The van der Waals surface area contributed by atoms with E-state index in [-0.39, 0.29) is 23.0 Å². The molecule has 0 saturated carbocycles. The van der Waals surface area contributed by atoms with E-state index >= 15 is 0 Å². The first kappa shape index (κ1) is 27.6. The van der Waals surface area contributed by atoms with Gasteiger partial charge in [0, 0.05) is 40.5 Å². The van der Waals surface area contributed by atoms with E-state index in [1.54, 1.807) is 24.0 Å². The number of aryl methyl sites for hydroxylation is 1. The van der Waals surface area contributed by atoms with Crippen molar-refractivity contribution in [2.24, 2.45) is 0 Å². The third-order valence-corrected chi connectivity index (χ3v) is 7.83. The Morgan fingerprint density at radius 2 is 1.62 bits per heavy atom. The van der Waals surface area contributed by atoms with Crippen molar-refractivity contribution in [3.63, 3.8) is 0 Å². The molecule has 0 N–H and O–H groups in total. The van der Waals surface area contributed by atoms with Crippen molar-refractivity contribution in [2.75, 3.05) is 31.1 Å². The molecule has 1 spiro atoms. The van der Waals surface area contributed by atoms with Gasteiger partial charge in [-0.15, -0.1) is 0 Å². The van der Waals surface area contributed by atoms with E-state index in [0.29, 0.717) is 48.8 Å². The van der Waals surface area contributed by atoms with Crippen LogP contribution in [0, 0.1) is 36.0 Å². The van der Waals surface area contributed by atoms with Crippen LogP contribution in [0.25, 0.3) is 6.08 Å². The second kappa shape index (κ2) is 10.5. The lowest BCUT2D eigenvalue weighted by molar-refractivity contribution is 0.0977. The van der Waals surface area contributed by atoms with Crippen molar-refractivity contribution in [3.05, 3.63) is 98.1 Å². The molecule has 1 fully saturated rings. The summed E-state index contributed by atoms with van der Waals surface area (Å²) in [5.74, 6) is -10.1. The van der Waals surface area contributed by atoms with E-state index in [2.05, 4.69) is 4.98 Å². The zero-order valence-corrected chi connectivity index (χ0v) is 22.2. The molecule has 2 aromatic carbocycles. The number of benzene rings is 2. The van der Waals surface area contributed by atoms with Crippen LogP contribution in [0.1, 0.15) is 40.0 Å². The molecule has 0 atom stereocenters. The Balaban J connectivity index is 1.33. The van der Waals surface area contributed by atoms with Crippen LogP contribution >= 0.6 is 23.2 Å². The van der Waals surface area contributed by atoms with E-state index in [4.69, 9.17) is 23.2 Å². The Morgan fingerprint density at radius 1 is 0.974 bits per heavy atom. The molecule has 3 heterocycles. The average molecular weight is 582 g/mol. The Bertz CT molecular complexity index is 1460. The number of piperidine rings is 1. The molecule has 1 amide bonds. The van der Waals surface area contributed by atoms with Gasteiger partial charge in [-0.1, -0.05) is 35.4 Å². The first-order valence-corrected chi connectivity index (χ1v) is 12.9. The molecule has 3 aromatic rings. The molecule has 4 nitrogen and oxygen atoms in total. The van der Waals surface area contributed by atoms with Gasteiger partial charge in [-0.05, 0) is 68.8 Å². The number of rotatable bonds is 4. The minimum absolute atomic E-state index is 0.198. The summed E-state index contributed by atoms with van der Waals surface area (Å²) in [6, 6.07) is 8.68. The quantitative estimate of drug-likeness (QED) is 0.143. The van der Waals surface area contributed by atoms with Gasteiger partial charge in [0.25, 0.3) is 5.91 Å². The number of halogens is 7. The minimum Gasteiger partial charge on any atom is -0.307 e. The Labute approximate surface area is 231 Å². The fourth-order valence-corrected chi connectivity index (χ4v) is 5.83. The lowest BCUT2D eigenvalue weighted by Crippen LogP contribution is -2.46. The van der Waals surface area contributed by atoms with Crippen LogP contribution in [0.5, 0.6) is 0 Å². The highest BCUT2D eigenvalue weighted by molar-refractivity contribution is 6.31. The number of fused-ring (bicyclic) bond motifs is 2. The second-order valence-corrected chi connectivity index (χ2v) is 10.7. The Kier molecular flexibility index (Phi) is 7.43. The van der Waals surface area contributed by atoms with Crippen LogP contribution in [-0.2, 0) is 5.41 Å². The molecule has 5 rings (SSSR count). The number of pyridine rings is 1. The van der Waals surface area contributed by atoms with Gasteiger partial charge in [-0.25, -0.2) is 26.9 Å². The zero-order chi connectivity index (χ0) is 28.1. The van der Waals surface area contributed by atoms with Gasteiger partial charge in [-0.3, -0.25) is 9.69 Å². The highest BCUT2D eigenvalue weighted by atomic mass is 35.5. The van der Waals surface area contributed by atoms with Gasteiger partial charge < -0.3 is 4.90 Å². The van der Waals surface area contributed by atoms with E-state index in [1.165, 1.54) is 12.1 Å². The average Bonchev–Trinajstić information content (AvgIpc) is 3.21. The molecule has 0 unspecified atom stereocenters. The lowest BCUT2D eigenvalue weighted by Gasteiger charge is -2.39. The van der Waals surface area contributed by atoms with E-state index in [1.807, 2.05) is 17.0 Å². The van der Waals surface area contributed by atoms with Crippen LogP contribution in [-0.4, -0.2) is 42.0 Å². The number of hydrogen-bond donors (Lipinski definition) is 0. The van der Waals surface area contributed by atoms with Gasteiger partial charge in [0.2, 0.25) is 5.82 Å². The number of likely N-dealkylation sites (tertiary alicyclic amines) is 1. The number of hydrogen-bond acceptors (Lipinski definition) is 3. The molecule has 0 aliphatic carbocycles. The van der Waals surface area contributed by atoms with Crippen LogP contribution in [0.3, 0.4) is 0 Å². The monoisotopic (exact) mass is 581 g/mol. The fourth-order valence-electron chi connectivity index (χ4n) is 5.41. The summed E-state index contributed by atoms with van der Waals surface area (Å²) in [5, 5.41) is 0.786. The normalized spacial score (nSPS) is 16.9. The highest BCUT2D eigenvalue weighted by Crippen LogP contribution is 2.48. The molecule has 1 aromatic heterocycles. The van der Waals surface area contributed by atoms with Crippen molar-refractivity contribution in [2.45, 2.75) is 25.2 Å². The van der Waals surface area contributed by atoms with Gasteiger partial charge in [0.05, 0.1) is 5.56 Å². The SMILES string of the molecule is Cc1cc(C(=O)N2CC3(CCN(C/C=C/c4c(F)c(F)c(F)c(F)c4F)CC3)c3cc(Cl)ccc32)cc(Cl)n1. The zero-order valence-electron chi connectivity index (χ0n) is 20.7. The Hall–Kier alpha value is -3.01. The number of carbonyl (C=O) groups is 1. The summed E-state index contributed by atoms with van der Waals surface area (Å²) >= 11 is 12.4. The minimum atomic E-state index is -2.19. The molecular weight excluding hydrogens is 560 g/mol. The van der Waals surface area contributed by atoms with Gasteiger partial charge in [0.1, 0.15) is 5.15 Å². The van der Waals surface area contributed by atoms with Crippen LogP contribution in [0.15, 0.2) is 36.4 Å². The predicted octanol–water partition coefficient (Wildman–Crippen LogP) is 7.10. The largest absolute Gasteiger partial charge is 0.307 e. The number of nitrogens with zero attached hydrogens (tertiary/aromatic N) is 3. The molecular formula is C28H22Cl2F5N3O.